The van der Waals surface area contributed by atoms with E-state index in [4.69, 9.17) is 0 Å². The Morgan fingerprint density at radius 1 is 1.26 bits per heavy atom. The molecule has 0 bridgehead atoms. The van der Waals surface area contributed by atoms with E-state index in [2.05, 4.69) is 4.98 Å². The summed E-state index contributed by atoms with van der Waals surface area (Å²) in [5.74, 6) is 0. The normalized spacial score (nSPS) is 20.7. The second kappa shape index (κ2) is 5.03. The Balaban J connectivity index is 1.97. The summed E-state index contributed by atoms with van der Waals surface area (Å²) in [5.41, 5.74) is 1.02. The zero-order valence-electron chi connectivity index (χ0n) is 10.3. The first-order chi connectivity index (χ1) is 9.19. The molecule has 1 aliphatic rings. The molecule has 0 N–H and O–H groups in total. The molecule has 2 aromatic rings. The van der Waals surface area contributed by atoms with Crippen LogP contribution in [0.1, 0.15) is 24.4 Å². The van der Waals surface area contributed by atoms with E-state index in [1.165, 1.54) is 11.3 Å². The molecule has 4 nitrogen and oxygen atoms in total. The van der Waals surface area contributed by atoms with Crippen LogP contribution < -0.4 is 0 Å². The van der Waals surface area contributed by atoms with Gasteiger partial charge < -0.3 is 0 Å². The summed E-state index contributed by atoms with van der Waals surface area (Å²) < 4.78 is 27.2. The maximum Gasteiger partial charge on any atom is 0.253 e. The topological polar surface area (TPSA) is 50.3 Å². The Labute approximate surface area is 116 Å². The van der Waals surface area contributed by atoms with Crippen molar-refractivity contribution in [3.8, 4) is 0 Å². The molecular weight excluding hydrogens is 280 g/mol. The summed E-state index contributed by atoms with van der Waals surface area (Å²) in [6, 6.07) is 7.17. The van der Waals surface area contributed by atoms with Gasteiger partial charge in [0.15, 0.2) is 0 Å². The molecule has 100 valence electrons. The van der Waals surface area contributed by atoms with E-state index in [1.807, 2.05) is 12.1 Å². The lowest BCUT2D eigenvalue weighted by Gasteiger charge is -2.23. The summed E-state index contributed by atoms with van der Waals surface area (Å²) >= 11 is 1.27. The first kappa shape index (κ1) is 12.8. The molecular formula is C13H14N2O2S2. The molecule has 0 aromatic carbocycles. The van der Waals surface area contributed by atoms with E-state index >= 15 is 0 Å². The number of pyridine rings is 1. The second-order valence-electron chi connectivity index (χ2n) is 4.49. The minimum absolute atomic E-state index is 0.0601. The SMILES string of the molecule is O=S(=O)(c1cccs1)N1CCC[C@@H]1c1ccncc1. The lowest BCUT2D eigenvalue weighted by molar-refractivity contribution is 0.397. The number of hydrogen-bond donors (Lipinski definition) is 0. The minimum atomic E-state index is -3.36. The summed E-state index contributed by atoms with van der Waals surface area (Å²) in [6.45, 7) is 0.590. The smallest absolute Gasteiger partial charge is 0.253 e. The van der Waals surface area contributed by atoms with Crippen LogP contribution in [0.15, 0.2) is 46.2 Å². The van der Waals surface area contributed by atoms with Crippen molar-refractivity contribution in [2.24, 2.45) is 0 Å². The van der Waals surface area contributed by atoms with Crippen molar-refractivity contribution in [2.45, 2.75) is 23.1 Å². The highest BCUT2D eigenvalue weighted by molar-refractivity contribution is 7.91. The quantitative estimate of drug-likeness (QED) is 0.874. The molecule has 3 rings (SSSR count). The Morgan fingerprint density at radius 3 is 2.74 bits per heavy atom. The number of sulfonamides is 1. The van der Waals surface area contributed by atoms with E-state index in [-0.39, 0.29) is 6.04 Å². The average molecular weight is 294 g/mol. The minimum Gasteiger partial charge on any atom is -0.265 e. The van der Waals surface area contributed by atoms with Gasteiger partial charge in [-0.15, -0.1) is 11.3 Å². The van der Waals surface area contributed by atoms with Crippen molar-refractivity contribution in [1.82, 2.24) is 9.29 Å². The Bertz CT molecular complexity index is 639. The molecule has 0 radical (unpaired) electrons. The van der Waals surface area contributed by atoms with Crippen molar-refractivity contribution in [3.05, 3.63) is 47.6 Å². The summed E-state index contributed by atoms with van der Waals surface area (Å²) in [6.07, 6.45) is 5.19. The summed E-state index contributed by atoms with van der Waals surface area (Å²) in [5, 5.41) is 1.80. The van der Waals surface area contributed by atoms with Gasteiger partial charge in [-0.05, 0) is 42.0 Å². The molecule has 0 saturated carbocycles. The fraction of sp³-hybridized carbons (Fsp3) is 0.308. The lowest BCUT2D eigenvalue weighted by atomic mass is 10.1. The fourth-order valence-electron chi connectivity index (χ4n) is 2.47. The number of aromatic nitrogens is 1. The highest BCUT2D eigenvalue weighted by Crippen LogP contribution is 2.37. The zero-order chi connectivity index (χ0) is 13.3. The second-order valence-corrected chi connectivity index (χ2v) is 7.55. The maximum absolute atomic E-state index is 12.6. The summed E-state index contributed by atoms with van der Waals surface area (Å²) in [7, 11) is -3.36. The van der Waals surface area contributed by atoms with Crippen molar-refractivity contribution in [2.75, 3.05) is 6.54 Å². The van der Waals surface area contributed by atoms with Gasteiger partial charge in [-0.3, -0.25) is 4.98 Å². The highest BCUT2D eigenvalue weighted by Gasteiger charge is 2.36. The number of thiophene rings is 1. The van der Waals surface area contributed by atoms with E-state index in [0.29, 0.717) is 10.8 Å². The molecule has 1 atom stereocenters. The Morgan fingerprint density at radius 2 is 2.05 bits per heavy atom. The van der Waals surface area contributed by atoms with Crippen LogP contribution in [0.3, 0.4) is 0 Å². The van der Waals surface area contributed by atoms with Crippen LogP contribution >= 0.6 is 11.3 Å². The van der Waals surface area contributed by atoms with Crippen LogP contribution in [0, 0.1) is 0 Å². The van der Waals surface area contributed by atoms with Crippen molar-refractivity contribution < 1.29 is 8.42 Å². The molecule has 0 amide bonds. The number of hydrogen-bond acceptors (Lipinski definition) is 4. The maximum atomic E-state index is 12.6. The lowest BCUT2D eigenvalue weighted by Crippen LogP contribution is -2.30. The zero-order valence-corrected chi connectivity index (χ0v) is 11.9. The molecule has 6 heteroatoms. The Hall–Kier alpha value is -1.24. The first-order valence-corrected chi connectivity index (χ1v) is 8.47. The molecule has 0 aliphatic carbocycles. The summed E-state index contributed by atoms with van der Waals surface area (Å²) in [4.78, 5) is 3.99. The van der Waals surface area contributed by atoms with Gasteiger partial charge in [0.25, 0.3) is 10.0 Å². The van der Waals surface area contributed by atoms with Gasteiger partial charge in [0.05, 0.1) is 6.04 Å². The van der Waals surface area contributed by atoms with Crippen LogP contribution in [0.2, 0.25) is 0 Å². The predicted octanol–water partition coefficient (Wildman–Crippen LogP) is 2.67. The van der Waals surface area contributed by atoms with Crippen molar-refractivity contribution in [3.63, 3.8) is 0 Å². The van der Waals surface area contributed by atoms with E-state index in [0.717, 1.165) is 18.4 Å². The standard InChI is InChI=1S/C13H14N2O2S2/c16-19(17,13-4-2-10-18-13)15-9-1-3-12(15)11-5-7-14-8-6-11/h2,4-8,10,12H,1,3,9H2/t12-/m1/s1. The first-order valence-electron chi connectivity index (χ1n) is 6.15. The van der Waals surface area contributed by atoms with Crippen molar-refractivity contribution >= 4 is 21.4 Å². The largest absolute Gasteiger partial charge is 0.265 e. The van der Waals surface area contributed by atoms with Gasteiger partial charge in [0, 0.05) is 18.9 Å². The third-order valence-corrected chi connectivity index (χ3v) is 6.63. The van der Waals surface area contributed by atoms with E-state index in [9.17, 15) is 8.42 Å². The average Bonchev–Trinajstić information content (AvgIpc) is 3.11. The van der Waals surface area contributed by atoms with Gasteiger partial charge in [-0.2, -0.15) is 4.31 Å². The number of nitrogens with zero attached hydrogens (tertiary/aromatic N) is 2. The Kier molecular flexibility index (Phi) is 3.38. The van der Waals surface area contributed by atoms with Gasteiger partial charge in [0.1, 0.15) is 4.21 Å². The van der Waals surface area contributed by atoms with Crippen LogP contribution in [0.25, 0.3) is 0 Å². The molecule has 1 saturated heterocycles. The fourth-order valence-corrected chi connectivity index (χ4v) is 5.27. The van der Waals surface area contributed by atoms with Crippen LogP contribution in [0.4, 0.5) is 0 Å². The van der Waals surface area contributed by atoms with Crippen molar-refractivity contribution in [1.29, 1.82) is 0 Å². The molecule has 1 aliphatic heterocycles. The van der Waals surface area contributed by atoms with Gasteiger partial charge in [0.2, 0.25) is 0 Å². The third-order valence-electron chi connectivity index (χ3n) is 3.35. The molecule has 0 spiro atoms. The number of rotatable bonds is 3. The highest BCUT2D eigenvalue weighted by atomic mass is 32.2. The van der Waals surface area contributed by atoms with E-state index in [1.54, 1.807) is 34.2 Å². The van der Waals surface area contributed by atoms with Crippen LogP contribution in [-0.2, 0) is 10.0 Å². The van der Waals surface area contributed by atoms with Gasteiger partial charge in [-0.25, -0.2) is 8.42 Å². The molecule has 19 heavy (non-hydrogen) atoms. The van der Waals surface area contributed by atoms with E-state index < -0.39 is 10.0 Å². The molecule has 2 aromatic heterocycles. The van der Waals surface area contributed by atoms with Crippen LogP contribution in [-0.4, -0.2) is 24.3 Å². The molecule has 0 unspecified atom stereocenters. The van der Waals surface area contributed by atoms with Gasteiger partial charge in [-0.1, -0.05) is 6.07 Å². The van der Waals surface area contributed by atoms with Crippen LogP contribution in [0.5, 0.6) is 0 Å². The predicted molar refractivity (Wildman–Crippen MR) is 74.4 cm³/mol. The molecule has 1 fully saturated rings. The molecule has 3 heterocycles. The monoisotopic (exact) mass is 294 g/mol. The third kappa shape index (κ3) is 2.31. The van der Waals surface area contributed by atoms with Gasteiger partial charge >= 0.3 is 0 Å².